The standard InChI is InChI=1S/C19H25NO/c1-2-3-4-5-6-7-8-9-10-11-13-16-19(21)20-17-14-12-15-18-20/h4-5,8-11,13,16H,2-3,12,14-15,17-18H2,1H3. The van der Waals surface area contributed by atoms with Crippen molar-refractivity contribution in [2.45, 2.75) is 39.0 Å². The van der Waals surface area contributed by atoms with Gasteiger partial charge in [-0.05, 0) is 37.8 Å². The predicted molar refractivity (Wildman–Crippen MR) is 89.7 cm³/mol. The molecule has 0 aromatic carbocycles. The number of allylic oxidation sites excluding steroid dienone is 7. The smallest absolute Gasteiger partial charge is 0.246 e. The fraction of sp³-hybridized carbons (Fsp3) is 0.421. The van der Waals surface area contributed by atoms with E-state index in [1.807, 2.05) is 29.2 Å². The maximum atomic E-state index is 11.8. The number of carbonyl (C=O) groups is 1. The lowest BCUT2D eigenvalue weighted by Crippen LogP contribution is -2.34. The van der Waals surface area contributed by atoms with Crippen molar-refractivity contribution in [1.29, 1.82) is 0 Å². The zero-order valence-electron chi connectivity index (χ0n) is 12.9. The number of carbonyl (C=O) groups excluding carboxylic acids is 1. The van der Waals surface area contributed by atoms with Crippen molar-refractivity contribution in [3.63, 3.8) is 0 Å². The predicted octanol–water partition coefficient (Wildman–Crippen LogP) is 4.03. The van der Waals surface area contributed by atoms with Crippen molar-refractivity contribution in [2.24, 2.45) is 0 Å². The first-order chi connectivity index (χ1) is 10.3. The van der Waals surface area contributed by atoms with E-state index in [0.29, 0.717) is 0 Å². The second-order valence-corrected chi connectivity index (χ2v) is 4.97. The Balaban J connectivity index is 2.23. The van der Waals surface area contributed by atoms with Crippen LogP contribution in [0.25, 0.3) is 0 Å². The zero-order chi connectivity index (χ0) is 15.2. The minimum absolute atomic E-state index is 0.115. The minimum Gasteiger partial charge on any atom is -0.339 e. The van der Waals surface area contributed by atoms with Gasteiger partial charge in [0.1, 0.15) is 0 Å². The van der Waals surface area contributed by atoms with E-state index in [2.05, 4.69) is 24.8 Å². The van der Waals surface area contributed by atoms with E-state index < -0.39 is 0 Å². The molecule has 1 aliphatic heterocycles. The first-order valence-electron chi connectivity index (χ1n) is 7.79. The van der Waals surface area contributed by atoms with E-state index in [1.54, 1.807) is 18.2 Å². The van der Waals surface area contributed by atoms with E-state index in [0.717, 1.165) is 38.8 Å². The fourth-order valence-electron chi connectivity index (χ4n) is 1.99. The average molecular weight is 283 g/mol. The van der Waals surface area contributed by atoms with Crippen LogP contribution in [0.15, 0.2) is 48.6 Å². The topological polar surface area (TPSA) is 20.3 Å². The Kier molecular flexibility index (Phi) is 9.57. The van der Waals surface area contributed by atoms with Crippen LogP contribution in [0.2, 0.25) is 0 Å². The number of unbranched alkanes of at least 4 members (excludes halogenated alkanes) is 1. The van der Waals surface area contributed by atoms with E-state index >= 15 is 0 Å². The minimum atomic E-state index is 0.115. The molecule has 2 nitrogen and oxygen atoms in total. The van der Waals surface area contributed by atoms with Crippen molar-refractivity contribution < 1.29 is 4.79 Å². The second-order valence-electron chi connectivity index (χ2n) is 4.97. The summed E-state index contributed by atoms with van der Waals surface area (Å²) < 4.78 is 0. The van der Waals surface area contributed by atoms with Gasteiger partial charge in [-0.1, -0.05) is 55.6 Å². The lowest BCUT2D eigenvalue weighted by atomic mass is 10.1. The van der Waals surface area contributed by atoms with Gasteiger partial charge in [0.15, 0.2) is 0 Å². The average Bonchev–Trinajstić information content (AvgIpc) is 2.53. The summed E-state index contributed by atoms with van der Waals surface area (Å²) in [5.74, 6) is 5.99. The Bertz CT molecular complexity index is 466. The molecule has 1 rings (SSSR count). The summed E-state index contributed by atoms with van der Waals surface area (Å²) in [4.78, 5) is 13.7. The first-order valence-corrected chi connectivity index (χ1v) is 7.79. The van der Waals surface area contributed by atoms with Crippen LogP contribution in [0, 0.1) is 11.8 Å². The van der Waals surface area contributed by atoms with E-state index in [4.69, 9.17) is 0 Å². The molecule has 1 aliphatic rings. The number of amides is 1. The molecule has 0 unspecified atom stereocenters. The number of piperidine rings is 1. The van der Waals surface area contributed by atoms with Crippen LogP contribution in [0.5, 0.6) is 0 Å². The van der Waals surface area contributed by atoms with Gasteiger partial charge in [-0.3, -0.25) is 4.79 Å². The van der Waals surface area contributed by atoms with Gasteiger partial charge in [0.2, 0.25) is 5.91 Å². The molecular formula is C19H25NO. The highest BCUT2D eigenvalue weighted by molar-refractivity contribution is 5.87. The van der Waals surface area contributed by atoms with Gasteiger partial charge < -0.3 is 4.90 Å². The van der Waals surface area contributed by atoms with E-state index in [-0.39, 0.29) is 5.91 Å². The molecule has 1 saturated heterocycles. The molecule has 0 saturated carbocycles. The van der Waals surface area contributed by atoms with E-state index in [1.165, 1.54) is 6.42 Å². The Hall–Kier alpha value is -2.01. The fourth-order valence-corrected chi connectivity index (χ4v) is 1.99. The molecule has 0 aliphatic carbocycles. The van der Waals surface area contributed by atoms with Gasteiger partial charge in [0, 0.05) is 19.2 Å². The Morgan fingerprint density at radius 3 is 2.48 bits per heavy atom. The van der Waals surface area contributed by atoms with Crippen LogP contribution in [0.3, 0.4) is 0 Å². The van der Waals surface area contributed by atoms with Crippen molar-refractivity contribution >= 4 is 5.91 Å². The summed E-state index contributed by atoms with van der Waals surface area (Å²) in [6.07, 6.45) is 20.5. The van der Waals surface area contributed by atoms with Crippen LogP contribution in [-0.4, -0.2) is 23.9 Å². The highest BCUT2D eigenvalue weighted by Crippen LogP contribution is 2.08. The summed E-state index contributed by atoms with van der Waals surface area (Å²) in [7, 11) is 0. The molecular weight excluding hydrogens is 258 g/mol. The van der Waals surface area contributed by atoms with Gasteiger partial charge >= 0.3 is 0 Å². The summed E-state index contributed by atoms with van der Waals surface area (Å²) in [6.45, 7) is 3.94. The first kappa shape index (κ1) is 17.0. The van der Waals surface area contributed by atoms with Crippen molar-refractivity contribution in [3.05, 3.63) is 48.6 Å². The quantitative estimate of drug-likeness (QED) is 0.424. The number of hydrogen-bond acceptors (Lipinski definition) is 1. The highest BCUT2D eigenvalue weighted by Gasteiger charge is 2.12. The molecule has 0 bridgehead atoms. The number of hydrogen-bond donors (Lipinski definition) is 0. The highest BCUT2D eigenvalue weighted by atomic mass is 16.2. The molecule has 0 atom stereocenters. The SMILES string of the molecule is CCCC=CC#CC=CC=CC=CC(=O)N1CCCCC1. The van der Waals surface area contributed by atoms with Crippen molar-refractivity contribution in [3.8, 4) is 11.8 Å². The van der Waals surface area contributed by atoms with Gasteiger partial charge in [-0.15, -0.1) is 0 Å². The Morgan fingerprint density at radius 1 is 1.00 bits per heavy atom. The molecule has 1 heterocycles. The van der Waals surface area contributed by atoms with Crippen LogP contribution >= 0.6 is 0 Å². The third-order valence-electron chi connectivity index (χ3n) is 3.16. The molecule has 0 radical (unpaired) electrons. The molecule has 21 heavy (non-hydrogen) atoms. The Morgan fingerprint density at radius 2 is 1.71 bits per heavy atom. The summed E-state index contributed by atoms with van der Waals surface area (Å²) >= 11 is 0. The molecule has 0 aromatic rings. The molecule has 0 spiro atoms. The normalized spacial score (nSPS) is 16.1. The van der Waals surface area contributed by atoms with Crippen molar-refractivity contribution in [1.82, 2.24) is 4.90 Å². The monoisotopic (exact) mass is 283 g/mol. The maximum Gasteiger partial charge on any atom is 0.246 e. The van der Waals surface area contributed by atoms with Gasteiger partial charge in [-0.25, -0.2) is 0 Å². The van der Waals surface area contributed by atoms with Gasteiger partial charge in [0.05, 0.1) is 0 Å². The molecule has 0 N–H and O–H groups in total. The lowest BCUT2D eigenvalue weighted by molar-refractivity contribution is -0.126. The molecule has 1 fully saturated rings. The number of nitrogens with zero attached hydrogens (tertiary/aromatic N) is 1. The molecule has 1 amide bonds. The largest absolute Gasteiger partial charge is 0.339 e. The Labute approximate surface area is 128 Å². The van der Waals surface area contributed by atoms with Crippen LogP contribution < -0.4 is 0 Å². The van der Waals surface area contributed by atoms with Crippen LogP contribution in [0.1, 0.15) is 39.0 Å². The third-order valence-corrected chi connectivity index (χ3v) is 3.16. The van der Waals surface area contributed by atoms with Crippen LogP contribution in [0.4, 0.5) is 0 Å². The summed E-state index contributed by atoms with van der Waals surface area (Å²) in [5, 5.41) is 0. The molecule has 112 valence electrons. The van der Waals surface area contributed by atoms with Gasteiger partial charge in [0.25, 0.3) is 0 Å². The second kappa shape index (κ2) is 11.8. The summed E-state index contributed by atoms with van der Waals surface area (Å²) in [5.41, 5.74) is 0. The maximum absolute atomic E-state index is 11.8. The third kappa shape index (κ3) is 8.70. The number of rotatable bonds is 5. The van der Waals surface area contributed by atoms with Crippen LogP contribution in [-0.2, 0) is 4.79 Å². The molecule has 0 aromatic heterocycles. The van der Waals surface area contributed by atoms with E-state index in [9.17, 15) is 4.79 Å². The van der Waals surface area contributed by atoms with Gasteiger partial charge in [-0.2, -0.15) is 0 Å². The zero-order valence-corrected chi connectivity index (χ0v) is 12.9. The van der Waals surface area contributed by atoms with Crippen molar-refractivity contribution in [2.75, 3.05) is 13.1 Å². The summed E-state index contributed by atoms with van der Waals surface area (Å²) in [6, 6.07) is 0. The lowest BCUT2D eigenvalue weighted by Gasteiger charge is -2.25. The molecule has 2 heteroatoms. The number of likely N-dealkylation sites (tertiary alicyclic amines) is 1.